The predicted octanol–water partition coefficient (Wildman–Crippen LogP) is 4.16. The van der Waals surface area contributed by atoms with E-state index in [4.69, 9.17) is 11.6 Å². The van der Waals surface area contributed by atoms with E-state index in [0.29, 0.717) is 17.6 Å². The summed E-state index contributed by atoms with van der Waals surface area (Å²) in [6.45, 7) is 0. The van der Waals surface area contributed by atoms with Gasteiger partial charge < -0.3 is 10.6 Å². The minimum atomic E-state index is -4.53. The van der Waals surface area contributed by atoms with Gasteiger partial charge in [-0.15, -0.1) is 0 Å². The van der Waals surface area contributed by atoms with Gasteiger partial charge in [0, 0.05) is 6.20 Å². The first kappa shape index (κ1) is 15.4. The van der Waals surface area contributed by atoms with E-state index < -0.39 is 17.6 Å². The zero-order chi connectivity index (χ0) is 16.6. The average Bonchev–Trinajstić information content (AvgIpc) is 2.49. The number of carbonyl (C=O) groups is 1. The van der Waals surface area contributed by atoms with Crippen molar-refractivity contribution in [2.24, 2.45) is 0 Å². The Morgan fingerprint density at radius 3 is 2.39 bits per heavy atom. The fourth-order valence-electron chi connectivity index (χ4n) is 2.04. The quantitative estimate of drug-likeness (QED) is 0.767. The Balaban J connectivity index is 1.95. The summed E-state index contributed by atoms with van der Waals surface area (Å²) in [7, 11) is 0. The molecule has 4 nitrogen and oxygen atoms in total. The summed E-state index contributed by atoms with van der Waals surface area (Å²) >= 11 is 5.84. The third kappa shape index (κ3) is 3.14. The Morgan fingerprint density at radius 2 is 1.78 bits per heavy atom. The van der Waals surface area contributed by atoms with Crippen LogP contribution in [0.5, 0.6) is 0 Å². The van der Waals surface area contributed by atoms with Crippen LogP contribution in [-0.2, 0) is 11.0 Å². The molecule has 118 valence electrons. The van der Waals surface area contributed by atoms with E-state index in [1.807, 2.05) is 0 Å². The normalized spacial score (nSPS) is 15.8. The topological polar surface area (TPSA) is 54.0 Å². The molecular formula is C15H9ClF3N3O. The van der Waals surface area contributed by atoms with Crippen molar-refractivity contribution in [3.05, 3.63) is 58.5 Å². The standard InChI is InChI=1S/C15H9ClF3N3O/c16-9-5-8(15(17,18)19)7-20-12(9)6-13-14(23)22-11-4-2-1-3-10(11)21-13/h1-7,21H,(H,22,23)/b13-6-. The number of nitrogens with one attached hydrogen (secondary N) is 2. The highest BCUT2D eigenvalue weighted by molar-refractivity contribution is 6.32. The summed E-state index contributed by atoms with van der Waals surface area (Å²) in [5, 5.41) is 5.37. The van der Waals surface area contributed by atoms with Crippen LogP contribution < -0.4 is 10.6 Å². The van der Waals surface area contributed by atoms with Crippen LogP contribution in [-0.4, -0.2) is 10.9 Å². The number of hydrogen-bond donors (Lipinski definition) is 2. The van der Waals surface area contributed by atoms with Gasteiger partial charge in [0.1, 0.15) is 5.70 Å². The number of para-hydroxylation sites is 2. The van der Waals surface area contributed by atoms with Crippen molar-refractivity contribution >= 4 is 35.0 Å². The summed E-state index contributed by atoms with van der Waals surface area (Å²) in [4.78, 5) is 15.7. The van der Waals surface area contributed by atoms with Gasteiger partial charge in [0.25, 0.3) is 5.91 Å². The molecule has 3 rings (SSSR count). The van der Waals surface area contributed by atoms with Crippen molar-refractivity contribution in [3.63, 3.8) is 0 Å². The fourth-order valence-corrected chi connectivity index (χ4v) is 2.26. The van der Waals surface area contributed by atoms with Crippen molar-refractivity contribution in [2.45, 2.75) is 6.18 Å². The van der Waals surface area contributed by atoms with Gasteiger partial charge in [0.2, 0.25) is 0 Å². The number of aromatic nitrogens is 1. The molecule has 0 fully saturated rings. The average molecular weight is 340 g/mol. The van der Waals surface area contributed by atoms with Crippen LogP contribution in [0, 0.1) is 0 Å². The molecular weight excluding hydrogens is 331 g/mol. The molecule has 0 aliphatic carbocycles. The molecule has 1 aromatic carbocycles. The number of halogens is 4. The number of rotatable bonds is 1. The maximum atomic E-state index is 12.6. The van der Waals surface area contributed by atoms with Gasteiger partial charge in [-0.3, -0.25) is 9.78 Å². The van der Waals surface area contributed by atoms with Gasteiger partial charge in [-0.1, -0.05) is 23.7 Å². The molecule has 0 bridgehead atoms. The van der Waals surface area contributed by atoms with Gasteiger partial charge in [-0.25, -0.2) is 0 Å². The van der Waals surface area contributed by atoms with Crippen LogP contribution in [0.4, 0.5) is 24.5 Å². The van der Waals surface area contributed by atoms with Crippen molar-refractivity contribution in [2.75, 3.05) is 10.6 Å². The SMILES string of the molecule is O=C1Nc2ccccc2N/C1=C\c1ncc(C(F)(F)F)cc1Cl. The molecule has 0 saturated heterocycles. The van der Waals surface area contributed by atoms with Gasteiger partial charge in [0.15, 0.2) is 0 Å². The maximum absolute atomic E-state index is 12.6. The summed E-state index contributed by atoms with van der Waals surface area (Å²) < 4.78 is 37.8. The highest BCUT2D eigenvalue weighted by Crippen LogP contribution is 2.32. The second kappa shape index (κ2) is 5.58. The lowest BCUT2D eigenvalue weighted by atomic mass is 10.1. The lowest BCUT2D eigenvalue weighted by Gasteiger charge is -2.20. The minimum absolute atomic E-state index is 0.0664. The van der Waals surface area contributed by atoms with E-state index in [2.05, 4.69) is 15.6 Å². The lowest BCUT2D eigenvalue weighted by molar-refractivity contribution is -0.137. The first-order chi connectivity index (χ1) is 10.8. The molecule has 2 aromatic rings. The Labute approximate surface area is 134 Å². The molecule has 1 amide bonds. The largest absolute Gasteiger partial charge is 0.417 e. The van der Waals surface area contributed by atoms with Gasteiger partial charge in [0.05, 0.1) is 27.7 Å². The molecule has 1 aliphatic rings. The van der Waals surface area contributed by atoms with Crippen molar-refractivity contribution < 1.29 is 18.0 Å². The van der Waals surface area contributed by atoms with Crippen LogP contribution in [0.2, 0.25) is 5.02 Å². The smallest absolute Gasteiger partial charge is 0.349 e. The first-order valence-corrected chi connectivity index (χ1v) is 6.84. The lowest BCUT2D eigenvalue weighted by Crippen LogP contribution is -2.25. The zero-order valence-corrected chi connectivity index (χ0v) is 12.2. The Kier molecular flexibility index (Phi) is 3.73. The third-order valence-corrected chi connectivity index (χ3v) is 3.47. The second-order valence-corrected chi connectivity index (χ2v) is 5.18. The van der Waals surface area contributed by atoms with Gasteiger partial charge in [-0.2, -0.15) is 13.2 Å². The second-order valence-electron chi connectivity index (χ2n) is 4.77. The molecule has 1 aliphatic heterocycles. The van der Waals surface area contributed by atoms with E-state index >= 15 is 0 Å². The molecule has 0 saturated carbocycles. The molecule has 8 heteroatoms. The van der Waals surface area contributed by atoms with Crippen molar-refractivity contribution in [1.82, 2.24) is 4.98 Å². The van der Waals surface area contributed by atoms with E-state index in [1.54, 1.807) is 24.3 Å². The molecule has 2 N–H and O–H groups in total. The van der Waals surface area contributed by atoms with Crippen LogP contribution in [0.15, 0.2) is 42.2 Å². The first-order valence-electron chi connectivity index (χ1n) is 6.46. The van der Waals surface area contributed by atoms with Gasteiger partial charge in [-0.05, 0) is 24.3 Å². The Morgan fingerprint density at radius 1 is 1.13 bits per heavy atom. The van der Waals surface area contributed by atoms with E-state index in [1.165, 1.54) is 6.08 Å². The number of carbonyl (C=O) groups excluding carboxylic acids is 1. The molecule has 23 heavy (non-hydrogen) atoms. The third-order valence-electron chi connectivity index (χ3n) is 3.17. The number of hydrogen-bond acceptors (Lipinski definition) is 3. The number of anilines is 2. The number of amides is 1. The zero-order valence-electron chi connectivity index (χ0n) is 11.4. The molecule has 1 aromatic heterocycles. The molecule has 0 radical (unpaired) electrons. The fraction of sp³-hybridized carbons (Fsp3) is 0.0667. The van der Waals surface area contributed by atoms with Crippen LogP contribution in [0.25, 0.3) is 6.08 Å². The number of benzene rings is 1. The van der Waals surface area contributed by atoms with Gasteiger partial charge >= 0.3 is 6.18 Å². The minimum Gasteiger partial charge on any atom is -0.349 e. The highest BCUT2D eigenvalue weighted by Gasteiger charge is 2.31. The summed E-state index contributed by atoms with van der Waals surface area (Å²) in [5.41, 5.74) is 0.535. The van der Waals surface area contributed by atoms with Crippen LogP contribution in [0.3, 0.4) is 0 Å². The van der Waals surface area contributed by atoms with Crippen LogP contribution in [0.1, 0.15) is 11.3 Å². The Bertz CT molecular complexity index is 818. The van der Waals surface area contributed by atoms with E-state index in [9.17, 15) is 18.0 Å². The molecule has 0 unspecified atom stereocenters. The maximum Gasteiger partial charge on any atom is 0.417 e. The van der Waals surface area contributed by atoms with E-state index in [-0.39, 0.29) is 16.4 Å². The number of alkyl halides is 3. The van der Waals surface area contributed by atoms with Crippen molar-refractivity contribution in [1.29, 1.82) is 0 Å². The highest BCUT2D eigenvalue weighted by atomic mass is 35.5. The van der Waals surface area contributed by atoms with Crippen molar-refractivity contribution in [3.8, 4) is 0 Å². The molecule has 0 atom stereocenters. The summed E-state index contributed by atoms with van der Waals surface area (Å²) in [5.74, 6) is -0.429. The monoisotopic (exact) mass is 339 g/mol. The van der Waals surface area contributed by atoms with Crippen LogP contribution >= 0.6 is 11.6 Å². The number of nitrogens with zero attached hydrogens (tertiary/aromatic N) is 1. The Hall–Kier alpha value is -2.54. The predicted molar refractivity (Wildman–Crippen MR) is 80.9 cm³/mol. The number of fused-ring (bicyclic) bond motifs is 1. The number of pyridine rings is 1. The summed E-state index contributed by atoms with van der Waals surface area (Å²) in [6.07, 6.45) is -2.55. The summed E-state index contributed by atoms with van der Waals surface area (Å²) in [6, 6.07) is 7.80. The molecule has 2 heterocycles. The molecule has 0 spiro atoms. The van der Waals surface area contributed by atoms with E-state index in [0.717, 1.165) is 6.07 Å².